The van der Waals surface area contributed by atoms with E-state index >= 15 is 0 Å². The van der Waals surface area contributed by atoms with E-state index in [9.17, 15) is 4.79 Å². The van der Waals surface area contributed by atoms with Crippen LogP contribution in [0.3, 0.4) is 0 Å². The number of anilines is 1. The lowest BCUT2D eigenvalue weighted by Crippen LogP contribution is -2.27. The van der Waals surface area contributed by atoms with Gasteiger partial charge in [0, 0.05) is 35.3 Å². The molecule has 0 radical (unpaired) electrons. The van der Waals surface area contributed by atoms with E-state index in [-0.39, 0.29) is 18.2 Å². The van der Waals surface area contributed by atoms with E-state index in [1.165, 1.54) is 19.3 Å². The number of hydrogen-bond acceptors (Lipinski definition) is 4. The van der Waals surface area contributed by atoms with E-state index in [2.05, 4.69) is 47.8 Å². The van der Waals surface area contributed by atoms with Gasteiger partial charge in [-0.15, -0.1) is 12.4 Å². The van der Waals surface area contributed by atoms with Crippen molar-refractivity contribution in [3.63, 3.8) is 0 Å². The molecule has 0 amide bonds. The molecule has 2 aromatic carbocycles. The van der Waals surface area contributed by atoms with E-state index in [0.717, 1.165) is 78.1 Å². The van der Waals surface area contributed by atoms with Crippen LogP contribution < -0.4 is 5.32 Å². The molecule has 1 aromatic heterocycles. The maximum absolute atomic E-state index is 13.5. The lowest BCUT2D eigenvalue weighted by atomic mass is 9.86. The molecule has 1 heterocycles. The average molecular weight is 455 g/mol. The minimum absolute atomic E-state index is 0. The number of unbranched alkanes of at least 4 members (excludes halogenated alkanes) is 3. The van der Waals surface area contributed by atoms with Gasteiger partial charge in [0.15, 0.2) is 5.78 Å². The Morgan fingerprint density at radius 2 is 1.72 bits per heavy atom. The molecule has 172 valence electrons. The topological polar surface area (TPSA) is 50.2 Å². The number of aromatic nitrogens is 2. The Balaban J connectivity index is 0.00000289. The molecule has 0 saturated carbocycles. The third-order valence-electron chi connectivity index (χ3n) is 6.44. The van der Waals surface area contributed by atoms with E-state index in [0.29, 0.717) is 0 Å². The molecule has 6 heteroatoms. The standard InChI is InChI=1S/C26H34N4O.ClH/c1-4-7-8-11-16-27-21-14-15-22-24-23(21)26(31)20-13-10-9-12-19(20)25(24)28-30(22)18-17-29(5-2)6-3;/h9-10,12-15,27H,4-8,11,16-18H2,1-3H3;1H. The number of fused-ring (bicyclic) bond motifs is 2. The molecule has 0 bridgehead atoms. The molecule has 4 rings (SSSR count). The predicted molar refractivity (Wildman–Crippen MR) is 136 cm³/mol. The van der Waals surface area contributed by atoms with Crippen LogP contribution >= 0.6 is 12.4 Å². The van der Waals surface area contributed by atoms with Crippen molar-refractivity contribution < 1.29 is 4.79 Å². The minimum Gasteiger partial charge on any atom is -0.384 e. The van der Waals surface area contributed by atoms with Gasteiger partial charge >= 0.3 is 0 Å². The number of ketones is 1. The first kappa shape index (κ1) is 24.3. The zero-order valence-electron chi connectivity index (χ0n) is 19.5. The number of likely N-dealkylation sites (N-methyl/N-ethyl adjacent to an activating group) is 1. The van der Waals surface area contributed by atoms with Gasteiger partial charge in [0.2, 0.25) is 0 Å². The molecule has 5 nitrogen and oxygen atoms in total. The van der Waals surface area contributed by atoms with Gasteiger partial charge in [-0.1, -0.05) is 64.3 Å². The predicted octanol–water partition coefficient (Wildman–Crippen LogP) is 6.00. The second-order valence-electron chi connectivity index (χ2n) is 8.34. The quantitative estimate of drug-likeness (QED) is 0.282. The lowest BCUT2D eigenvalue weighted by molar-refractivity contribution is 0.104. The lowest BCUT2D eigenvalue weighted by Gasteiger charge is -2.19. The number of nitrogens with one attached hydrogen (secondary N) is 1. The smallest absolute Gasteiger partial charge is 0.196 e. The normalized spacial score (nSPS) is 12.2. The monoisotopic (exact) mass is 454 g/mol. The van der Waals surface area contributed by atoms with Crippen molar-refractivity contribution in [1.82, 2.24) is 14.7 Å². The SMILES string of the molecule is CCCCCCNc1ccc2c3c(nn2CCN(CC)CC)-c2ccccc2C(=O)c13.Cl. The van der Waals surface area contributed by atoms with Gasteiger partial charge in [0.25, 0.3) is 0 Å². The van der Waals surface area contributed by atoms with Gasteiger partial charge in [-0.3, -0.25) is 9.48 Å². The molecule has 3 aromatic rings. The summed E-state index contributed by atoms with van der Waals surface area (Å²) in [5.41, 5.74) is 5.42. The van der Waals surface area contributed by atoms with Gasteiger partial charge in [-0.25, -0.2) is 0 Å². The Labute approximate surface area is 197 Å². The highest BCUT2D eigenvalue weighted by molar-refractivity contribution is 6.27. The minimum atomic E-state index is 0. The maximum atomic E-state index is 13.5. The molecule has 0 fully saturated rings. The highest BCUT2D eigenvalue weighted by Crippen LogP contribution is 2.41. The van der Waals surface area contributed by atoms with Crippen LogP contribution in [0.5, 0.6) is 0 Å². The molecule has 0 saturated heterocycles. The summed E-state index contributed by atoms with van der Waals surface area (Å²) in [7, 11) is 0. The Hall–Kier alpha value is -2.37. The Bertz CT molecular complexity index is 1070. The van der Waals surface area contributed by atoms with E-state index < -0.39 is 0 Å². The number of nitrogens with zero attached hydrogens (tertiary/aromatic N) is 3. The fourth-order valence-corrected chi connectivity index (χ4v) is 4.59. The average Bonchev–Trinajstić information content (AvgIpc) is 3.17. The number of rotatable bonds is 11. The number of carbonyl (C=O) groups is 1. The summed E-state index contributed by atoms with van der Waals surface area (Å²) in [6.07, 6.45) is 4.81. The molecule has 32 heavy (non-hydrogen) atoms. The van der Waals surface area contributed by atoms with Crippen LogP contribution in [0.4, 0.5) is 5.69 Å². The second-order valence-corrected chi connectivity index (χ2v) is 8.34. The van der Waals surface area contributed by atoms with E-state index in [4.69, 9.17) is 5.10 Å². The highest BCUT2D eigenvalue weighted by atomic mass is 35.5. The summed E-state index contributed by atoms with van der Waals surface area (Å²) in [5.74, 6) is 0.105. The van der Waals surface area contributed by atoms with Crippen molar-refractivity contribution in [2.24, 2.45) is 0 Å². The molecule has 1 aliphatic rings. The molecule has 0 aliphatic heterocycles. The summed E-state index contributed by atoms with van der Waals surface area (Å²) in [6.45, 7) is 11.3. The van der Waals surface area contributed by atoms with Crippen molar-refractivity contribution >= 4 is 34.8 Å². The van der Waals surface area contributed by atoms with Crippen molar-refractivity contribution in [2.75, 3.05) is 31.5 Å². The summed E-state index contributed by atoms with van der Waals surface area (Å²) in [4.78, 5) is 15.9. The van der Waals surface area contributed by atoms with Crippen LogP contribution in [0, 0.1) is 0 Å². The second kappa shape index (κ2) is 11.0. The largest absolute Gasteiger partial charge is 0.384 e. The fraction of sp³-hybridized carbons (Fsp3) is 0.462. The first-order chi connectivity index (χ1) is 15.2. The Morgan fingerprint density at radius 1 is 0.969 bits per heavy atom. The Kier molecular flexibility index (Phi) is 8.32. The van der Waals surface area contributed by atoms with Crippen molar-refractivity contribution in [2.45, 2.75) is 53.0 Å². The van der Waals surface area contributed by atoms with Crippen LogP contribution in [0.25, 0.3) is 22.2 Å². The zero-order chi connectivity index (χ0) is 21.8. The third-order valence-corrected chi connectivity index (χ3v) is 6.44. The summed E-state index contributed by atoms with van der Waals surface area (Å²) in [5, 5.41) is 9.56. The van der Waals surface area contributed by atoms with Gasteiger partial charge in [-0.05, 0) is 31.6 Å². The molecule has 0 atom stereocenters. The number of carbonyl (C=O) groups excluding carboxylic acids is 1. The van der Waals surface area contributed by atoms with Crippen molar-refractivity contribution in [3.05, 3.63) is 47.5 Å². The first-order valence-corrected chi connectivity index (χ1v) is 11.8. The number of halogens is 1. The molecular formula is C26H35ClN4O. The van der Waals surface area contributed by atoms with E-state index in [1.807, 2.05) is 24.3 Å². The van der Waals surface area contributed by atoms with Crippen LogP contribution in [-0.4, -0.2) is 46.6 Å². The zero-order valence-corrected chi connectivity index (χ0v) is 20.3. The van der Waals surface area contributed by atoms with Crippen molar-refractivity contribution in [3.8, 4) is 11.3 Å². The van der Waals surface area contributed by atoms with E-state index in [1.54, 1.807) is 0 Å². The highest BCUT2D eigenvalue weighted by Gasteiger charge is 2.30. The maximum Gasteiger partial charge on any atom is 0.196 e. The number of benzene rings is 2. The molecule has 1 N–H and O–H groups in total. The molecular weight excluding hydrogens is 420 g/mol. The Morgan fingerprint density at radius 3 is 2.44 bits per heavy atom. The van der Waals surface area contributed by atoms with Crippen LogP contribution in [-0.2, 0) is 6.54 Å². The fourth-order valence-electron chi connectivity index (χ4n) is 4.59. The molecule has 0 unspecified atom stereocenters. The first-order valence-electron chi connectivity index (χ1n) is 11.8. The molecule has 0 spiro atoms. The van der Waals surface area contributed by atoms with Gasteiger partial charge < -0.3 is 10.2 Å². The summed E-state index contributed by atoms with van der Waals surface area (Å²) < 4.78 is 2.09. The molecule has 1 aliphatic carbocycles. The van der Waals surface area contributed by atoms with Crippen LogP contribution in [0.15, 0.2) is 36.4 Å². The summed E-state index contributed by atoms with van der Waals surface area (Å²) in [6, 6.07) is 12.1. The van der Waals surface area contributed by atoms with Gasteiger partial charge in [0.05, 0.1) is 17.6 Å². The van der Waals surface area contributed by atoms with Crippen LogP contribution in [0.1, 0.15) is 62.4 Å². The van der Waals surface area contributed by atoms with Crippen molar-refractivity contribution in [1.29, 1.82) is 0 Å². The van der Waals surface area contributed by atoms with Gasteiger partial charge in [-0.2, -0.15) is 5.10 Å². The third kappa shape index (κ3) is 4.55. The number of hydrogen-bond donors (Lipinski definition) is 1. The summed E-state index contributed by atoms with van der Waals surface area (Å²) >= 11 is 0. The van der Waals surface area contributed by atoms with Crippen LogP contribution in [0.2, 0.25) is 0 Å². The van der Waals surface area contributed by atoms with Gasteiger partial charge in [0.1, 0.15) is 5.69 Å².